The number of hydrogen-bond donors (Lipinski definition) is 3. The summed E-state index contributed by atoms with van der Waals surface area (Å²) in [5, 5.41) is 14.0. The molecule has 1 aromatic heterocycles. The van der Waals surface area contributed by atoms with E-state index in [2.05, 4.69) is 20.5 Å². The Kier molecular flexibility index (Phi) is 7.08. The van der Waals surface area contributed by atoms with Crippen molar-refractivity contribution in [2.45, 2.75) is 6.18 Å². The minimum atomic E-state index is -5.08. The van der Waals surface area contributed by atoms with Crippen LogP contribution in [0.25, 0.3) is 10.2 Å². The molecule has 7 nitrogen and oxygen atoms in total. The van der Waals surface area contributed by atoms with Crippen molar-refractivity contribution >= 4 is 44.2 Å². The molecular weight excluding hydrogens is 433 g/mol. The van der Waals surface area contributed by atoms with Gasteiger partial charge in [0.1, 0.15) is 0 Å². The molecule has 0 aliphatic carbocycles. The number of halogens is 3. The lowest BCUT2D eigenvalue weighted by molar-refractivity contribution is -0.192. The zero-order valence-corrected chi connectivity index (χ0v) is 17.0. The molecule has 3 N–H and O–H groups in total. The van der Waals surface area contributed by atoms with Crippen molar-refractivity contribution in [1.82, 2.24) is 10.3 Å². The van der Waals surface area contributed by atoms with Crippen LogP contribution in [0.1, 0.15) is 10.4 Å². The smallest absolute Gasteiger partial charge is 0.475 e. The van der Waals surface area contributed by atoms with Gasteiger partial charge in [-0.15, -0.1) is 0 Å². The van der Waals surface area contributed by atoms with E-state index < -0.39 is 12.1 Å². The molecule has 2 heterocycles. The fourth-order valence-electron chi connectivity index (χ4n) is 2.84. The van der Waals surface area contributed by atoms with Gasteiger partial charge in [-0.2, -0.15) is 13.2 Å². The zero-order chi connectivity index (χ0) is 22.4. The molecule has 2 aromatic carbocycles. The van der Waals surface area contributed by atoms with Crippen LogP contribution in [0, 0.1) is 0 Å². The summed E-state index contributed by atoms with van der Waals surface area (Å²) in [6.07, 6.45) is -5.08. The molecule has 0 unspecified atom stereocenters. The summed E-state index contributed by atoms with van der Waals surface area (Å²) in [6, 6.07) is 15.6. The topological polar surface area (TPSA) is 94.6 Å². The molecule has 1 fully saturated rings. The molecule has 164 valence electrons. The zero-order valence-electron chi connectivity index (χ0n) is 16.1. The number of para-hydroxylation sites is 1. The van der Waals surface area contributed by atoms with Crippen molar-refractivity contribution in [3.63, 3.8) is 0 Å². The Morgan fingerprint density at radius 3 is 2.26 bits per heavy atom. The highest BCUT2D eigenvalue weighted by atomic mass is 32.1. The Bertz CT molecular complexity index is 1010. The molecule has 0 atom stereocenters. The molecule has 0 spiro atoms. The van der Waals surface area contributed by atoms with Gasteiger partial charge in [0.05, 0.1) is 10.2 Å². The number of benzene rings is 2. The van der Waals surface area contributed by atoms with Crippen molar-refractivity contribution in [1.29, 1.82) is 0 Å². The van der Waals surface area contributed by atoms with Crippen LogP contribution in [0.5, 0.6) is 0 Å². The molecule has 1 aliphatic heterocycles. The number of piperazine rings is 1. The Balaban J connectivity index is 0.000000339. The van der Waals surface area contributed by atoms with E-state index in [1.54, 1.807) is 0 Å². The first-order valence-electron chi connectivity index (χ1n) is 9.27. The molecule has 1 aliphatic rings. The predicted molar refractivity (Wildman–Crippen MR) is 113 cm³/mol. The van der Waals surface area contributed by atoms with Gasteiger partial charge in [0, 0.05) is 37.4 Å². The lowest BCUT2D eigenvalue weighted by Gasteiger charge is -2.29. The summed E-state index contributed by atoms with van der Waals surface area (Å²) in [7, 11) is 0. The van der Waals surface area contributed by atoms with Gasteiger partial charge in [0.2, 0.25) is 0 Å². The summed E-state index contributed by atoms with van der Waals surface area (Å²) in [4.78, 5) is 28.1. The number of carboxylic acids is 1. The van der Waals surface area contributed by atoms with Crippen molar-refractivity contribution < 1.29 is 27.9 Å². The van der Waals surface area contributed by atoms with Gasteiger partial charge in [0.15, 0.2) is 5.13 Å². The lowest BCUT2D eigenvalue weighted by Crippen LogP contribution is -2.43. The number of amides is 1. The average molecular weight is 452 g/mol. The summed E-state index contributed by atoms with van der Waals surface area (Å²) >= 11 is 1.49. The van der Waals surface area contributed by atoms with E-state index in [0.29, 0.717) is 10.7 Å². The number of alkyl halides is 3. The number of anilines is 2. The maximum absolute atomic E-state index is 12.4. The van der Waals surface area contributed by atoms with Crippen molar-refractivity contribution in [2.24, 2.45) is 0 Å². The number of carbonyl (C=O) groups is 2. The number of aromatic nitrogens is 1. The number of hydrogen-bond acceptors (Lipinski definition) is 6. The molecule has 11 heteroatoms. The molecule has 0 radical (unpaired) electrons. The largest absolute Gasteiger partial charge is 0.490 e. The van der Waals surface area contributed by atoms with Crippen LogP contribution in [-0.2, 0) is 4.79 Å². The van der Waals surface area contributed by atoms with Crippen molar-refractivity contribution in [3.8, 4) is 0 Å². The summed E-state index contributed by atoms with van der Waals surface area (Å²) in [5.41, 5.74) is 2.72. The van der Waals surface area contributed by atoms with Gasteiger partial charge in [0.25, 0.3) is 5.91 Å². The van der Waals surface area contributed by atoms with Gasteiger partial charge in [-0.25, -0.2) is 9.78 Å². The first-order chi connectivity index (χ1) is 14.7. The number of carboxylic acid groups (broad SMARTS) is 1. The quantitative estimate of drug-likeness (QED) is 0.562. The van der Waals surface area contributed by atoms with Crippen LogP contribution in [0.3, 0.4) is 0 Å². The number of aliphatic carboxylic acids is 1. The molecule has 0 saturated carbocycles. The van der Waals surface area contributed by atoms with Crippen molar-refractivity contribution in [2.75, 3.05) is 36.4 Å². The van der Waals surface area contributed by atoms with Crippen LogP contribution in [0.2, 0.25) is 0 Å². The van der Waals surface area contributed by atoms with Crippen LogP contribution in [-0.4, -0.2) is 54.3 Å². The van der Waals surface area contributed by atoms with Gasteiger partial charge in [-0.05, 0) is 36.4 Å². The SMILES string of the molecule is O=C(Nc1nc2ccccc2s1)c1ccc(N2CCNCC2)cc1.O=C(O)C(F)(F)F. The van der Waals surface area contributed by atoms with E-state index in [0.717, 1.165) is 42.1 Å². The third-order valence-electron chi connectivity index (χ3n) is 4.37. The van der Waals surface area contributed by atoms with Gasteiger partial charge >= 0.3 is 12.1 Å². The van der Waals surface area contributed by atoms with Crippen molar-refractivity contribution in [3.05, 3.63) is 54.1 Å². The molecule has 3 aromatic rings. The van der Waals surface area contributed by atoms with Crippen LogP contribution in [0.4, 0.5) is 24.0 Å². The van der Waals surface area contributed by atoms with E-state index in [1.807, 2.05) is 48.5 Å². The van der Waals surface area contributed by atoms with E-state index >= 15 is 0 Å². The molecule has 4 rings (SSSR count). The number of carbonyl (C=O) groups excluding carboxylic acids is 1. The van der Waals surface area contributed by atoms with Crippen LogP contribution < -0.4 is 15.5 Å². The summed E-state index contributed by atoms with van der Waals surface area (Å²) < 4.78 is 32.8. The predicted octanol–water partition coefficient (Wildman–Crippen LogP) is 3.59. The molecule has 0 bridgehead atoms. The maximum atomic E-state index is 12.4. The second-order valence-corrected chi connectivity index (χ2v) is 7.56. The highest BCUT2D eigenvalue weighted by molar-refractivity contribution is 7.22. The number of nitrogens with one attached hydrogen (secondary N) is 2. The number of rotatable bonds is 3. The highest BCUT2D eigenvalue weighted by Crippen LogP contribution is 2.26. The number of nitrogens with zero attached hydrogens (tertiary/aromatic N) is 2. The normalized spacial score (nSPS) is 14.0. The van der Waals surface area contributed by atoms with E-state index in [9.17, 15) is 18.0 Å². The Hall–Kier alpha value is -3.18. The van der Waals surface area contributed by atoms with E-state index in [1.165, 1.54) is 11.3 Å². The molecular formula is C20H19F3N4O3S. The van der Waals surface area contributed by atoms with E-state index in [-0.39, 0.29) is 5.91 Å². The monoisotopic (exact) mass is 452 g/mol. The fourth-order valence-corrected chi connectivity index (χ4v) is 3.70. The number of fused-ring (bicyclic) bond motifs is 1. The average Bonchev–Trinajstić information content (AvgIpc) is 3.16. The highest BCUT2D eigenvalue weighted by Gasteiger charge is 2.38. The summed E-state index contributed by atoms with van der Waals surface area (Å²) in [5.74, 6) is -2.88. The molecule has 1 saturated heterocycles. The first kappa shape index (κ1) is 22.5. The lowest BCUT2D eigenvalue weighted by atomic mass is 10.1. The van der Waals surface area contributed by atoms with Crippen LogP contribution >= 0.6 is 11.3 Å². The van der Waals surface area contributed by atoms with Crippen LogP contribution in [0.15, 0.2) is 48.5 Å². The maximum Gasteiger partial charge on any atom is 0.490 e. The minimum Gasteiger partial charge on any atom is -0.475 e. The third kappa shape index (κ3) is 6.15. The third-order valence-corrected chi connectivity index (χ3v) is 5.32. The first-order valence-corrected chi connectivity index (χ1v) is 10.1. The Morgan fingerprint density at radius 1 is 1.06 bits per heavy atom. The standard InChI is InChI=1S/C18H18N4OS.C2HF3O2/c23-17(21-18-20-15-3-1-2-4-16(15)24-18)13-5-7-14(8-6-13)22-11-9-19-10-12-22;3-2(4,5)1(6)7/h1-8,19H,9-12H2,(H,20,21,23);(H,6,7). The van der Waals surface area contributed by atoms with Gasteiger partial charge < -0.3 is 15.3 Å². The second-order valence-electron chi connectivity index (χ2n) is 6.53. The minimum absolute atomic E-state index is 0.124. The fraction of sp³-hybridized carbons (Fsp3) is 0.250. The van der Waals surface area contributed by atoms with Gasteiger partial charge in [-0.1, -0.05) is 23.5 Å². The number of thiazole rings is 1. The summed E-state index contributed by atoms with van der Waals surface area (Å²) in [6.45, 7) is 3.99. The Labute approximate surface area is 179 Å². The van der Waals surface area contributed by atoms with Gasteiger partial charge in [-0.3, -0.25) is 10.1 Å². The Morgan fingerprint density at radius 2 is 1.68 bits per heavy atom. The van der Waals surface area contributed by atoms with E-state index in [4.69, 9.17) is 9.90 Å². The molecule has 1 amide bonds. The second kappa shape index (κ2) is 9.75. The molecule has 31 heavy (non-hydrogen) atoms.